The van der Waals surface area contributed by atoms with E-state index in [-0.39, 0.29) is 16.1 Å². The van der Waals surface area contributed by atoms with Gasteiger partial charge in [0.15, 0.2) is 0 Å². The number of hydrogen-bond donors (Lipinski definition) is 2. The van der Waals surface area contributed by atoms with Crippen molar-refractivity contribution >= 4 is 21.4 Å². The zero-order valence-corrected chi connectivity index (χ0v) is 12.7. The number of hydrogen-bond acceptors (Lipinski definition) is 3. The monoisotopic (exact) mass is 308 g/mol. The highest BCUT2D eigenvalue weighted by atomic mass is 32.2. The zero-order valence-electron chi connectivity index (χ0n) is 11.9. The molecule has 0 atom stereocenters. The molecule has 0 saturated carbocycles. The Labute approximate surface area is 123 Å². The van der Waals surface area contributed by atoms with Gasteiger partial charge in [0.25, 0.3) is 10.0 Å². The van der Waals surface area contributed by atoms with Gasteiger partial charge in [-0.2, -0.15) is 0 Å². The maximum absolute atomic E-state index is 13.7. The predicted molar refractivity (Wildman–Crippen MR) is 82.2 cm³/mol. The minimum Gasteiger partial charge on any atom is -0.398 e. The molecule has 0 aliphatic carbocycles. The van der Waals surface area contributed by atoms with E-state index >= 15 is 0 Å². The van der Waals surface area contributed by atoms with Crippen LogP contribution in [0.5, 0.6) is 0 Å². The normalized spacial score (nSPS) is 11.4. The van der Waals surface area contributed by atoms with E-state index in [0.717, 1.165) is 11.6 Å². The first kappa shape index (κ1) is 15.3. The Kier molecular flexibility index (Phi) is 4.18. The summed E-state index contributed by atoms with van der Waals surface area (Å²) in [6, 6.07) is 9.31. The average Bonchev–Trinajstić information content (AvgIpc) is 2.44. The molecule has 4 nitrogen and oxygen atoms in total. The van der Waals surface area contributed by atoms with Crippen molar-refractivity contribution in [3.8, 4) is 0 Å². The quantitative estimate of drug-likeness (QED) is 0.853. The Bertz CT molecular complexity index is 750. The second kappa shape index (κ2) is 5.73. The lowest BCUT2D eigenvalue weighted by Crippen LogP contribution is -2.15. The number of sulfonamides is 1. The summed E-state index contributed by atoms with van der Waals surface area (Å²) >= 11 is 0. The Morgan fingerprint density at radius 1 is 1.24 bits per heavy atom. The van der Waals surface area contributed by atoms with E-state index in [4.69, 9.17) is 5.73 Å². The smallest absolute Gasteiger partial charge is 0.262 e. The fourth-order valence-electron chi connectivity index (χ4n) is 1.96. The van der Waals surface area contributed by atoms with Crippen molar-refractivity contribution in [1.29, 1.82) is 0 Å². The van der Waals surface area contributed by atoms with Gasteiger partial charge in [-0.25, -0.2) is 12.8 Å². The molecule has 0 aliphatic rings. The standard InChI is InChI=1S/C15H17FN2O2S/c1-3-11-6-4-5-7-15(11)18-21(19,20)12-8-13(16)10(2)14(17)9-12/h4-9,18H,3,17H2,1-2H3. The molecule has 6 heteroatoms. The van der Waals surface area contributed by atoms with Crippen LogP contribution in [0.3, 0.4) is 0 Å². The topological polar surface area (TPSA) is 72.2 Å². The summed E-state index contributed by atoms with van der Waals surface area (Å²) < 4.78 is 40.9. The average molecular weight is 308 g/mol. The molecule has 0 bridgehead atoms. The summed E-state index contributed by atoms with van der Waals surface area (Å²) in [5.74, 6) is -0.640. The van der Waals surface area contributed by atoms with Gasteiger partial charge < -0.3 is 5.73 Å². The number of nitrogen functional groups attached to an aromatic ring is 1. The molecule has 0 saturated heterocycles. The molecular formula is C15H17FN2O2S. The molecule has 112 valence electrons. The second-order valence-electron chi connectivity index (χ2n) is 4.74. The van der Waals surface area contributed by atoms with Crippen LogP contribution in [0.1, 0.15) is 18.1 Å². The summed E-state index contributed by atoms with van der Waals surface area (Å²) in [4.78, 5) is -0.186. The molecule has 0 aliphatic heterocycles. The van der Waals surface area contributed by atoms with Crippen molar-refractivity contribution in [3.63, 3.8) is 0 Å². The Balaban J connectivity index is 2.44. The molecule has 0 aromatic heterocycles. The third kappa shape index (κ3) is 3.16. The summed E-state index contributed by atoms with van der Waals surface area (Å²) in [5.41, 5.74) is 7.33. The van der Waals surface area contributed by atoms with Gasteiger partial charge in [0.1, 0.15) is 5.82 Å². The number of benzene rings is 2. The third-order valence-electron chi connectivity index (χ3n) is 3.31. The lowest BCUT2D eigenvalue weighted by atomic mass is 10.1. The molecule has 21 heavy (non-hydrogen) atoms. The SMILES string of the molecule is CCc1ccccc1NS(=O)(=O)c1cc(N)c(C)c(F)c1. The van der Waals surface area contributed by atoms with E-state index in [1.165, 1.54) is 13.0 Å². The van der Waals surface area contributed by atoms with E-state index in [0.29, 0.717) is 12.1 Å². The van der Waals surface area contributed by atoms with Crippen LogP contribution in [0.15, 0.2) is 41.3 Å². The number of nitrogens with two attached hydrogens (primary N) is 1. The maximum atomic E-state index is 13.7. The highest BCUT2D eigenvalue weighted by Gasteiger charge is 2.18. The van der Waals surface area contributed by atoms with E-state index in [1.807, 2.05) is 19.1 Å². The first-order valence-corrected chi connectivity index (χ1v) is 8.00. The fourth-order valence-corrected chi connectivity index (χ4v) is 3.11. The van der Waals surface area contributed by atoms with Crippen LogP contribution in [0, 0.1) is 12.7 Å². The Morgan fingerprint density at radius 3 is 2.52 bits per heavy atom. The van der Waals surface area contributed by atoms with Crippen LogP contribution in [0.4, 0.5) is 15.8 Å². The van der Waals surface area contributed by atoms with Gasteiger partial charge in [-0.15, -0.1) is 0 Å². The Morgan fingerprint density at radius 2 is 1.90 bits per heavy atom. The molecular weight excluding hydrogens is 291 g/mol. The van der Waals surface area contributed by atoms with Crippen molar-refractivity contribution in [1.82, 2.24) is 0 Å². The number of halogens is 1. The number of para-hydroxylation sites is 1. The van der Waals surface area contributed by atoms with Crippen LogP contribution in [0.25, 0.3) is 0 Å². The molecule has 0 spiro atoms. The highest BCUT2D eigenvalue weighted by molar-refractivity contribution is 7.92. The lowest BCUT2D eigenvalue weighted by Gasteiger charge is -2.13. The van der Waals surface area contributed by atoms with Gasteiger partial charge in [-0.1, -0.05) is 25.1 Å². The molecule has 2 aromatic carbocycles. The van der Waals surface area contributed by atoms with Crippen molar-refractivity contribution < 1.29 is 12.8 Å². The van der Waals surface area contributed by atoms with E-state index in [1.54, 1.807) is 12.1 Å². The van der Waals surface area contributed by atoms with E-state index < -0.39 is 15.8 Å². The number of rotatable bonds is 4. The number of nitrogens with one attached hydrogen (secondary N) is 1. The van der Waals surface area contributed by atoms with Crippen LogP contribution < -0.4 is 10.5 Å². The van der Waals surface area contributed by atoms with Gasteiger partial charge in [0.05, 0.1) is 10.6 Å². The van der Waals surface area contributed by atoms with Crippen molar-refractivity contribution in [2.45, 2.75) is 25.2 Å². The summed E-state index contributed by atoms with van der Waals surface area (Å²) in [6.07, 6.45) is 0.684. The van der Waals surface area contributed by atoms with Crippen LogP contribution in [0.2, 0.25) is 0 Å². The molecule has 0 fully saturated rings. The first-order chi connectivity index (χ1) is 9.85. The molecule has 2 aromatic rings. The van der Waals surface area contributed by atoms with Gasteiger partial charge in [0, 0.05) is 11.3 Å². The van der Waals surface area contributed by atoms with Crippen LogP contribution in [-0.4, -0.2) is 8.42 Å². The summed E-state index contributed by atoms with van der Waals surface area (Å²) in [7, 11) is -3.88. The fraction of sp³-hybridized carbons (Fsp3) is 0.200. The molecule has 2 rings (SSSR count). The van der Waals surface area contributed by atoms with Crippen molar-refractivity contribution in [2.75, 3.05) is 10.5 Å². The minimum atomic E-state index is -3.88. The van der Waals surface area contributed by atoms with Gasteiger partial charge in [0.2, 0.25) is 0 Å². The van der Waals surface area contributed by atoms with Gasteiger partial charge in [-0.3, -0.25) is 4.72 Å². The van der Waals surface area contributed by atoms with Crippen molar-refractivity contribution in [2.24, 2.45) is 0 Å². The molecule has 0 unspecified atom stereocenters. The maximum Gasteiger partial charge on any atom is 0.262 e. The number of aryl methyl sites for hydroxylation is 1. The summed E-state index contributed by atoms with van der Waals surface area (Å²) in [5, 5.41) is 0. The van der Waals surface area contributed by atoms with Crippen molar-refractivity contribution in [3.05, 3.63) is 53.3 Å². The Hall–Kier alpha value is -2.08. The van der Waals surface area contributed by atoms with E-state index in [9.17, 15) is 12.8 Å². The zero-order chi connectivity index (χ0) is 15.6. The molecule has 0 amide bonds. The lowest BCUT2D eigenvalue weighted by molar-refractivity contribution is 0.593. The minimum absolute atomic E-state index is 0.110. The summed E-state index contributed by atoms with van der Waals surface area (Å²) in [6.45, 7) is 3.43. The second-order valence-corrected chi connectivity index (χ2v) is 6.42. The van der Waals surface area contributed by atoms with Gasteiger partial charge >= 0.3 is 0 Å². The van der Waals surface area contributed by atoms with E-state index in [2.05, 4.69) is 4.72 Å². The molecule has 3 N–H and O–H groups in total. The predicted octanol–water partition coefficient (Wildman–Crippen LogP) is 3.08. The molecule has 0 radical (unpaired) electrons. The first-order valence-electron chi connectivity index (χ1n) is 6.51. The van der Waals surface area contributed by atoms with Crippen LogP contribution >= 0.6 is 0 Å². The highest BCUT2D eigenvalue weighted by Crippen LogP contribution is 2.24. The number of anilines is 2. The van der Waals surface area contributed by atoms with Crippen LogP contribution in [-0.2, 0) is 16.4 Å². The van der Waals surface area contributed by atoms with Gasteiger partial charge in [-0.05, 0) is 37.1 Å². The third-order valence-corrected chi connectivity index (χ3v) is 4.66. The molecule has 0 heterocycles. The largest absolute Gasteiger partial charge is 0.398 e.